The summed E-state index contributed by atoms with van der Waals surface area (Å²) < 4.78 is 5.81. The zero-order chi connectivity index (χ0) is 13.8. The Morgan fingerprint density at radius 2 is 2.21 bits per heavy atom. The highest BCUT2D eigenvalue weighted by atomic mass is 32.1. The van der Waals surface area contributed by atoms with Crippen molar-refractivity contribution in [3.05, 3.63) is 45.3 Å². The lowest BCUT2D eigenvalue weighted by molar-refractivity contribution is -0.510. The van der Waals surface area contributed by atoms with E-state index in [0.29, 0.717) is 0 Å². The molecule has 2 rings (SSSR count). The molecule has 5 nitrogen and oxygen atoms in total. The van der Waals surface area contributed by atoms with Gasteiger partial charge in [-0.2, -0.15) is 0 Å². The monoisotopic (exact) mass is 279 g/mol. The van der Waals surface area contributed by atoms with Crippen molar-refractivity contribution in [2.24, 2.45) is 0 Å². The standard InChI is InChI=1S/C13H13NO4S/c1-2-18-13(15)11(14(16)17)7-9-8-19-12-6-4-3-5-10(9)12/h3-6,8,11H,2,7H2,1H3. The number of benzene rings is 1. The minimum Gasteiger partial charge on any atom is -0.461 e. The van der Waals surface area contributed by atoms with E-state index in [1.165, 1.54) is 11.3 Å². The lowest BCUT2D eigenvalue weighted by Gasteiger charge is -2.07. The van der Waals surface area contributed by atoms with Crippen LogP contribution in [0, 0.1) is 10.1 Å². The highest BCUT2D eigenvalue weighted by Gasteiger charge is 2.32. The third-order valence-electron chi connectivity index (χ3n) is 2.79. The zero-order valence-electron chi connectivity index (χ0n) is 10.4. The van der Waals surface area contributed by atoms with Gasteiger partial charge in [0.05, 0.1) is 13.0 Å². The van der Waals surface area contributed by atoms with Gasteiger partial charge in [0.25, 0.3) is 0 Å². The van der Waals surface area contributed by atoms with Crippen molar-refractivity contribution in [1.29, 1.82) is 0 Å². The van der Waals surface area contributed by atoms with Gasteiger partial charge >= 0.3 is 12.0 Å². The third-order valence-corrected chi connectivity index (χ3v) is 3.80. The molecule has 1 unspecified atom stereocenters. The molecule has 1 heterocycles. The summed E-state index contributed by atoms with van der Waals surface area (Å²) in [5.74, 6) is -0.775. The first kappa shape index (κ1) is 13.5. The molecule has 0 fully saturated rings. The summed E-state index contributed by atoms with van der Waals surface area (Å²) in [5.41, 5.74) is 0.815. The molecule has 0 N–H and O–H groups in total. The average Bonchev–Trinajstić information content (AvgIpc) is 2.79. The van der Waals surface area contributed by atoms with Crippen molar-refractivity contribution in [3.8, 4) is 0 Å². The van der Waals surface area contributed by atoms with Crippen molar-refractivity contribution in [3.63, 3.8) is 0 Å². The van der Waals surface area contributed by atoms with Crippen LogP contribution in [-0.4, -0.2) is 23.5 Å². The minimum absolute atomic E-state index is 0.0653. The van der Waals surface area contributed by atoms with E-state index in [4.69, 9.17) is 4.74 Å². The Kier molecular flexibility index (Phi) is 4.11. The summed E-state index contributed by atoms with van der Waals surface area (Å²) in [6, 6.07) is 6.32. The topological polar surface area (TPSA) is 69.4 Å². The quantitative estimate of drug-likeness (QED) is 0.479. The van der Waals surface area contributed by atoms with Crippen LogP contribution in [0.1, 0.15) is 12.5 Å². The summed E-state index contributed by atoms with van der Waals surface area (Å²) in [6.45, 7) is 1.78. The van der Waals surface area contributed by atoms with Gasteiger partial charge in [0.2, 0.25) is 0 Å². The van der Waals surface area contributed by atoms with E-state index >= 15 is 0 Å². The molecule has 6 heteroatoms. The molecule has 19 heavy (non-hydrogen) atoms. The number of hydrogen-bond acceptors (Lipinski definition) is 5. The van der Waals surface area contributed by atoms with Crippen molar-refractivity contribution in [2.75, 3.05) is 6.61 Å². The Bertz CT molecular complexity index is 607. The second-order valence-corrected chi connectivity index (χ2v) is 4.93. The van der Waals surface area contributed by atoms with Crippen molar-refractivity contribution in [2.45, 2.75) is 19.4 Å². The summed E-state index contributed by atoms with van der Waals surface area (Å²) in [4.78, 5) is 22.0. The van der Waals surface area contributed by atoms with Gasteiger partial charge in [-0.1, -0.05) is 18.2 Å². The van der Waals surface area contributed by atoms with Crippen LogP contribution < -0.4 is 0 Å². The highest BCUT2D eigenvalue weighted by Crippen LogP contribution is 2.27. The van der Waals surface area contributed by atoms with E-state index in [2.05, 4.69) is 0 Å². The predicted molar refractivity (Wildman–Crippen MR) is 72.9 cm³/mol. The van der Waals surface area contributed by atoms with Crippen molar-refractivity contribution < 1.29 is 14.5 Å². The fourth-order valence-corrected chi connectivity index (χ4v) is 2.86. The van der Waals surface area contributed by atoms with Crippen LogP contribution in [0.2, 0.25) is 0 Å². The van der Waals surface area contributed by atoms with E-state index in [-0.39, 0.29) is 13.0 Å². The average molecular weight is 279 g/mol. The largest absolute Gasteiger partial charge is 0.461 e. The normalized spacial score (nSPS) is 12.3. The number of esters is 1. The van der Waals surface area contributed by atoms with Gasteiger partial charge in [0.15, 0.2) is 0 Å². The molecule has 1 atom stereocenters. The first-order valence-electron chi connectivity index (χ1n) is 5.88. The number of hydrogen-bond donors (Lipinski definition) is 0. The minimum atomic E-state index is -1.34. The Hall–Kier alpha value is -1.95. The van der Waals surface area contributed by atoms with Gasteiger partial charge in [-0.15, -0.1) is 11.3 Å². The van der Waals surface area contributed by atoms with Crippen LogP contribution in [0.25, 0.3) is 10.1 Å². The molecule has 0 saturated heterocycles. The summed E-state index contributed by atoms with van der Waals surface area (Å²) in [5, 5.41) is 13.8. The Morgan fingerprint density at radius 3 is 2.89 bits per heavy atom. The maximum atomic E-state index is 11.6. The number of nitro groups is 1. The van der Waals surface area contributed by atoms with Crippen molar-refractivity contribution in [1.82, 2.24) is 0 Å². The molecule has 0 spiro atoms. The van der Waals surface area contributed by atoms with E-state index < -0.39 is 16.9 Å². The van der Waals surface area contributed by atoms with Gasteiger partial charge in [-0.3, -0.25) is 10.1 Å². The summed E-state index contributed by atoms with van der Waals surface area (Å²) >= 11 is 1.52. The van der Waals surface area contributed by atoms with Gasteiger partial charge in [-0.25, -0.2) is 4.79 Å². The SMILES string of the molecule is CCOC(=O)C(Cc1csc2ccccc12)[N+](=O)[O-]. The van der Waals surface area contributed by atoms with Crippen LogP contribution in [0.4, 0.5) is 0 Å². The van der Waals surface area contributed by atoms with Crippen LogP contribution in [0.3, 0.4) is 0 Å². The second kappa shape index (κ2) is 5.79. The predicted octanol–water partition coefficient (Wildman–Crippen LogP) is 2.65. The number of carbonyl (C=O) groups excluding carboxylic acids is 1. The van der Waals surface area contributed by atoms with E-state index in [1.54, 1.807) is 6.92 Å². The molecular formula is C13H13NO4S. The molecular weight excluding hydrogens is 266 g/mol. The fourth-order valence-electron chi connectivity index (χ4n) is 1.88. The molecule has 2 aromatic rings. The molecule has 1 aromatic heterocycles. The molecule has 0 aliphatic rings. The Morgan fingerprint density at radius 1 is 1.47 bits per heavy atom. The fraction of sp³-hybridized carbons (Fsp3) is 0.308. The van der Waals surface area contributed by atoms with E-state index in [1.807, 2.05) is 29.6 Å². The molecule has 0 bridgehead atoms. The van der Waals surface area contributed by atoms with Gasteiger partial charge in [0, 0.05) is 9.62 Å². The summed E-state index contributed by atoms with van der Waals surface area (Å²) in [7, 11) is 0. The smallest absolute Gasteiger partial charge is 0.382 e. The number of rotatable bonds is 5. The first-order chi connectivity index (χ1) is 9.13. The van der Waals surface area contributed by atoms with Gasteiger partial charge in [-0.05, 0) is 29.3 Å². The summed E-state index contributed by atoms with van der Waals surface area (Å²) in [6.07, 6.45) is 0.0653. The molecule has 0 amide bonds. The number of thiophene rings is 1. The lowest BCUT2D eigenvalue weighted by atomic mass is 10.1. The lowest BCUT2D eigenvalue weighted by Crippen LogP contribution is -2.33. The maximum absolute atomic E-state index is 11.6. The number of carbonyl (C=O) groups is 1. The molecule has 0 aliphatic heterocycles. The number of fused-ring (bicyclic) bond motifs is 1. The Balaban J connectivity index is 2.26. The molecule has 0 saturated carbocycles. The second-order valence-electron chi connectivity index (χ2n) is 4.01. The molecule has 1 aromatic carbocycles. The maximum Gasteiger partial charge on any atom is 0.382 e. The number of nitrogens with zero attached hydrogens (tertiary/aromatic N) is 1. The zero-order valence-corrected chi connectivity index (χ0v) is 11.2. The number of ether oxygens (including phenoxy) is 1. The van der Waals surface area contributed by atoms with Crippen LogP contribution in [-0.2, 0) is 16.0 Å². The van der Waals surface area contributed by atoms with Crippen LogP contribution >= 0.6 is 11.3 Å². The van der Waals surface area contributed by atoms with Crippen LogP contribution in [0.15, 0.2) is 29.6 Å². The Labute approximate surface area is 114 Å². The highest BCUT2D eigenvalue weighted by molar-refractivity contribution is 7.17. The third kappa shape index (κ3) is 2.90. The van der Waals surface area contributed by atoms with Crippen LogP contribution in [0.5, 0.6) is 0 Å². The molecule has 0 aliphatic carbocycles. The van der Waals surface area contributed by atoms with E-state index in [9.17, 15) is 14.9 Å². The van der Waals surface area contributed by atoms with Crippen molar-refractivity contribution >= 4 is 27.4 Å². The van der Waals surface area contributed by atoms with Gasteiger partial charge < -0.3 is 4.74 Å². The molecule has 100 valence electrons. The van der Waals surface area contributed by atoms with Gasteiger partial charge in [0.1, 0.15) is 0 Å². The molecule has 0 radical (unpaired) electrons. The van der Waals surface area contributed by atoms with E-state index in [0.717, 1.165) is 15.6 Å². The first-order valence-corrected chi connectivity index (χ1v) is 6.76.